The molecule has 252 valence electrons. The second-order valence-corrected chi connectivity index (χ2v) is 11.8. The maximum atomic E-state index is 15.2. The molecule has 1 unspecified atom stereocenters. The molecule has 49 heavy (non-hydrogen) atoms. The lowest BCUT2D eigenvalue weighted by Crippen LogP contribution is -2.44. The van der Waals surface area contributed by atoms with Crippen LogP contribution in [0, 0.1) is 5.82 Å². The highest BCUT2D eigenvalue weighted by Crippen LogP contribution is 2.27. The molecule has 0 spiro atoms. The van der Waals surface area contributed by atoms with E-state index in [1.807, 2.05) is 24.3 Å². The first-order chi connectivity index (χ1) is 23.4. The zero-order chi connectivity index (χ0) is 35.1. The normalized spacial score (nSPS) is 11.7. The maximum Gasteiger partial charge on any atom is 0.412 e. The van der Waals surface area contributed by atoms with Gasteiger partial charge in [-0.2, -0.15) is 4.98 Å². The van der Waals surface area contributed by atoms with Crippen LogP contribution in [0.15, 0.2) is 89.6 Å². The van der Waals surface area contributed by atoms with Gasteiger partial charge in [-0.15, -0.1) is 0 Å². The van der Waals surface area contributed by atoms with Crippen molar-refractivity contribution in [3.05, 3.63) is 96.4 Å². The van der Waals surface area contributed by atoms with Gasteiger partial charge in [0.1, 0.15) is 29.0 Å². The zero-order valence-corrected chi connectivity index (χ0v) is 27.0. The third kappa shape index (κ3) is 9.16. The summed E-state index contributed by atoms with van der Waals surface area (Å²) in [6.07, 6.45) is 0.772. The zero-order valence-electron chi connectivity index (χ0n) is 27.0. The summed E-state index contributed by atoms with van der Waals surface area (Å²) in [5, 5.41) is 21.2. The molecular weight excluding hydrogens is 635 g/mol. The third-order valence-electron chi connectivity index (χ3n) is 6.95. The molecule has 0 bridgehead atoms. The highest BCUT2D eigenvalue weighted by molar-refractivity contribution is 5.91. The maximum absolute atomic E-state index is 15.2. The summed E-state index contributed by atoms with van der Waals surface area (Å²) in [5.74, 6) is -0.993. The van der Waals surface area contributed by atoms with Crippen LogP contribution < -0.4 is 20.7 Å². The van der Waals surface area contributed by atoms with Gasteiger partial charge in [-0.05, 0) is 92.6 Å². The molecule has 1 atom stereocenters. The van der Waals surface area contributed by atoms with Gasteiger partial charge in [0.2, 0.25) is 5.82 Å². The first kappa shape index (κ1) is 34.0. The van der Waals surface area contributed by atoms with Crippen LogP contribution in [0.5, 0.6) is 5.75 Å². The molecule has 0 aliphatic carbocycles. The van der Waals surface area contributed by atoms with E-state index >= 15 is 4.39 Å². The minimum atomic E-state index is -1.37. The van der Waals surface area contributed by atoms with Crippen molar-refractivity contribution in [1.29, 1.82) is 0 Å². The van der Waals surface area contributed by atoms with Gasteiger partial charge in [0.05, 0.1) is 12.7 Å². The summed E-state index contributed by atoms with van der Waals surface area (Å²) in [4.78, 5) is 45.1. The smallest absolute Gasteiger partial charge is 0.412 e. The Kier molecular flexibility index (Phi) is 10.2. The molecule has 0 saturated heterocycles. The van der Waals surface area contributed by atoms with Crippen molar-refractivity contribution >= 4 is 29.6 Å². The van der Waals surface area contributed by atoms with E-state index in [9.17, 15) is 19.5 Å². The average molecular weight is 669 g/mol. The molecule has 0 saturated carbocycles. The Bertz CT molecular complexity index is 1940. The molecule has 2 heterocycles. The van der Waals surface area contributed by atoms with Gasteiger partial charge in [-0.25, -0.2) is 23.8 Å². The SMILES string of the molecule is COc1ccc(-c2ccc(NC(=O)NC(Cc3ccc(-c4noc(-c5ccc(NC(=O)OC(C)(C)C)cc5)n4)c(F)c3)C(=O)O)nc2)cc1. The Hall–Kier alpha value is -6.31. The minimum absolute atomic E-state index is 0.0206. The number of carbonyl (C=O) groups is 3. The number of carboxylic acid groups (broad SMARTS) is 1. The van der Waals surface area contributed by atoms with Crippen LogP contribution in [0.3, 0.4) is 0 Å². The Balaban J connectivity index is 1.18. The molecule has 0 radical (unpaired) electrons. The van der Waals surface area contributed by atoms with Gasteiger partial charge in [-0.3, -0.25) is 10.6 Å². The lowest BCUT2D eigenvalue weighted by molar-refractivity contribution is -0.139. The number of amides is 3. The summed E-state index contributed by atoms with van der Waals surface area (Å²) < 4.78 is 30.9. The Morgan fingerprint density at radius 1 is 0.918 bits per heavy atom. The van der Waals surface area contributed by atoms with Crippen LogP contribution in [0.25, 0.3) is 34.0 Å². The van der Waals surface area contributed by atoms with E-state index in [2.05, 4.69) is 31.1 Å². The molecule has 4 N–H and O–H groups in total. The van der Waals surface area contributed by atoms with E-state index in [0.717, 1.165) is 22.9 Å². The number of pyridine rings is 1. The number of carbonyl (C=O) groups excluding carboxylic acids is 2. The van der Waals surface area contributed by atoms with Crippen molar-refractivity contribution in [2.45, 2.75) is 38.8 Å². The van der Waals surface area contributed by atoms with Crippen molar-refractivity contribution in [3.8, 4) is 39.7 Å². The second kappa shape index (κ2) is 14.6. The summed E-state index contributed by atoms with van der Waals surface area (Å²) >= 11 is 0. The number of hydrogen-bond donors (Lipinski definition) is 4. The molecule has 0 aliphatic rings. The first-order valence-corrected chi connectivity index (χ1v) is 15.0. The number of aliphatic carboxylic acids is 1. The van der Waals surface area contributed by atoms with Gasteiger partial charge in [0.25, 0.3) is 5.89 Å². The van der Waals surface area contributed by atoms with Crippen LogP contribution in [0.1, 0.15) is 26.3 Å². The van der Waals surface area contributed by atoms with Crippen LogP contribution in [0.2, 0.25) is 0 Å². The fourth-order valence-electron chi connectivity index (χ4n) is 4.60. The number of anilines is 2. The fraction of sp³-hybridized carbons (Fsp3) is 0.200. The number of rotatable bonds is 10. The summed E-state index contributed by atoms with van der Waals surface area (Å²) in [6, 6.07) is 19.2. The van der Waals surface area contributed by atoms with Gasteiger partial charge in [0.15, 0.2) is 0 Å². The quantitative estimate of drug-likeness (QED) is 0.124. The summed E-state index contributed by atoms with van der Waals surface area (Å²) in [7, 11) is 1.58. The highest BCUT2D eigenvalue weighted by atomic mass is 19.1. The van der Waals surface area contributed by atoms with Crippen molar-refractivity contribution in [2.24, 2.45) is 0 Å². The van der Waals surface area contributed by atoms with Crippen molar-refractivity contribution in [2.75, 3.05) is 17.7 Å². The Labute approximate surface area is 280 Å². The molecule has 3 amide bonds. The topological polar surface area (TPSA) is 178 Å². The van der Waals surface area contributed by atoms with Crippen LogP contribution in [0.4, 0.5) is 25.5 Å². The largest absolute Gasteiger partial charge is 0.497 e. The predicted octanol–water partition coefficient (Wildman–Crippen LogP) is 6.78. The first-order valence-electron chi connectivity index (χ1n) is 15.0. The second-order valence-electron chi connectivity index (χ2n) is 11.8. The van der Waals surface area contributed by atoms with Crippen LogP contribution in [-0.4, -0.2) is 57.1 Å². The molecule has 0 aliphatic heterocycles. The molecule has 3 aromatic carbocycles. The van der Waals surface area contributed by atoms with Crippen LogP contribution >= 0.6 is 0 Å². The molecular formula is C35H33FN6O7. The number of ether oxygens (including phenoxy) is 2. The third-order valence-corrected chi connectivity index (χ3v) is 6.95. The van der Waals surface area contributed by atoms with Gasteiger partial charge >= 0.3 is 18.1 Å². The van der Waals surface area contributed by atoms with E-state index in [0.29, 0.717) is 16.8 Å². The molecule has 5 rings (SSSR count). The standard InChI is InChI=1S/C35H33FN6O7/c1-35(2,3)48-34(46)38-24-11-6-22(7-12-24)31-41-30(42-49-31)26-15-5-20(17-27(26)36)18-28(32(43)44)39-33(45)40-29-16-10-23(19-37-29)21-8-13-25(47-4)14-9-21/h5-17,19,28H,18H2,1-4H3,(H,38,46)(H,43,44)(H2,37,39,40,45). The van der Waals surface area contributed by atoms with E-state index in [4.69, 9.17) is 14.0 Å². The number of nitrogens with one attached hydrogen (secondary N) is 3. The van der Waals surface area contributed by atoms with Gasteiger partial charge in [-0.1, -0.05) is 23.4 Å². The molecule has 5 aromatic rings. The van der Waals surface area contributed by atoms with Crippen molar-refractivity contribution in [3.63, 3.8) is 0 Å². The van der Waals surface area contributed by atoms with Crippen molar-refractivity contribution in [1.82, 2.24) is 20.4 Å². The van der Waals surface area contributed by atoms with E-state index in [-0.39, 0.29) is 29.5 Å². The number of methoxy groups -OCH3 is 1. The number of carboxylic acids is 1. The van der Waals surface area contributed by atoms with Crippen LogP contribution in [-0.2, 0) is 16.0 Å². The summed E-state index contributed by atoms with van der Waals surface area (Å²) in [6.45, 7) is 5.28. The number of benzene rings is 3. The molecule has 0 fully saturated rings. The monoisotopic (exact) mass is 668 g/mol. The molecule has 13 nitrogen and oxygen atoms in total. The summed E-state index contributed by atoms with van der Waals surface area (Å²) in [5.41, 5.74) is 2.42. The number of aromatic nitrogens is 3. The van der Waals surface area contributed by atoms with E-state index < -0.39 is 35.6 Å². The lowest BCUT2D eigenvalue weighted by atomic mass is 10.0. The Morgan fingerprint density at radius 2 is 1.61 bits per heavy atom. The van der Waals surface area contributed by atoms with Gasteiger partial charge in [0, 0.05) is 29.4 Å². The number of nitrogens with zero attached hydrogens (tertiary/aromatic N) is 3. The highest BCUT2D eigenvalue weighted by Gasteiger charge is 2.23. The predicted molar refractivity (Wildman–Crippen MR) is 178 cm³/mol. The van der Waals surface area contributed by atoms with E-state index in [1.165, 1.54) is 12.1 Å². The molecule has 14 heteroatoms. The van der Waals surface area contributed by atoms with Gasteiger partial charge < -0.3 is 24.4 Å². The lowest BCUT2D eigenvalue weighted by Gasteiger charge is -2.19. The molecule has 2 aromatic heterocycles. The average Bonchev–Trinajstić information content (AvgIpc) is 3.54. The van der Waals surface area contributed by atoms with E-state index in [1.54, 1.807) is 70.5 Å². The Morgan fingerprint density at radius 3 is 2.22 bits per heavy atom. The fourth-order valence-corrected chi connectivity index (χ4v) is 4.60. The minimum Gasteiger partial charge on any atom is -0.497 e. The number of hydrogen-bond acceptors (Lipinski definition) is 9. The number of urea groups is 1. The van der Waals surface area contributed by atoms with Crippen molar-refractivity contribution < 1.29 is 37.9 Å². The number of halogens is 1.